The van der Waals surface area contributed by atoms with Crippen molar-refractivity contribution >= 4 is 5.97 Å². The summed E-state index contributed by atoms with van der Waals surface area (Å²) in [4.78, 5) is 12.1. The van der Waals surface area contributed by atoms with Crippen molar-refractivity contribution in [3.63, 3.8) is 0 Å². The van der Waals surface area contributed by atoms with Crippen LogP contribution in [0.2, 0.25) is 0 Å². The van der Waals surface area contributed by atoms with Crippen LogP contribution in [0.25, 0.3) is 0 Å². The molecule has 0 spiro atoms. The molecule has 2 rings (SSSR count). The molecular formula is C20H24O2. The van der Waals surface area contributed by atoms with E-state index in [-0.39, 0.29) is 17.8 Å². The Hall–Kier alpha value is -2.01. The lowest BCUT2D eigenvalue weighted by Gasteiger charge is -2.28. The molecule has 0 N–H and O–H groups in total. The first-order valence-electron chi connectivity index (χ1n) is 8.10. The zero-order valence-electron chi connectivity index (χ0n) is 13.7. The summed E-state index contributed by atoms with van der Waals surface area (Å²) in [7, 11) is 0. The van der Waals surface area contributed by atoms with E-state index >= 15 is 0 Å². The average Bonchev–Trinajstić information content (AvgIpc) is 2.54. The molecule has 2 unspecified atom stereocenters. The Kier molecular flexibility index (Phi) is 5.83. The molecule has 0 bridgehead atoms. The Morgan fingerprint density at radius 1 is 1.23 bits per heavy atom. The summed E-state index contributed by atoms with van der Waals surface area (Å²) in [5.74, 6) is 6.77. The molecule has 2 atom stereocenters. The normalized spacial score (nSPS) is 21.0. The lowest BCUT2D eigenvalue weighted by atomic mass is 9.76. The van der Waals surface area contributed by atoms with Gasteiger partial charge in [0, 0.05) is 11.5 Å². The summed E-state index contributed by atoms with van der Waals surface area (Å²) in [6, 6.07) is 10.1. The van der Waals surface area contributed by atoms with Crippen LogP contribution in [0.4, 0.5) is 0 Å². The maximum absolute atomic E-state index is 12.1. The van der Waals surface area contributed by atoms with Gasteiger partial charge in [0.05, 0.1) is 12.5 Å². The van der Waals surface area contributed by atoms with Gasteiger partial charge in [-0.3, -0.25) is 4.79 Å². The third-order valence-corrected chi connectivity index (χ3v) is 4.31. The van der Waals surface area contributed by atoms with E-state index in [4.69, 9.17) is 4.74 Å². The molecule has 0 aromatic heterocycles. The number of carbonyl (C=O) groups excluding carboxylic acids is 1. The third-order valence-electron chi connectivity index (χ3n) is 4.31. The molecule has 1 aromatic carbocycles. The summed E-state index contributed by atoms with van der Waals surface area (Å²) in [6.07, 6.45) is 2.71. The first-order chi connectivity index (χ1) is 10.7. The van der Waals surface area contributed by atoms with Gasteiger partial charge < -0.3 is 4.74 Å². The van der Waals surface area contributed by atoms with E-state index in [9.17, 15) is 4.79 Å². The van der Waals surface area contributed by atoms with Gasteiger partial charge in [0.1, 0.15) is 0 Å². The van der Waals surface area contributed by atoms with E-state index in [0.717, 1.165) is 24.8 Å². The van der Waals surface area contributed by atoms with Crippen molar-refractivity contribution < 1.29 is 9.53 Å². The van der Waals surface area contributed by atoms with Gasteiger partial charge in [-0.1, -0.05) is 48.1 Å². The van der Waals surface area contributed by atoms with Gasteiger partial charge in [-0.15, -0.1) is 0 Å². The van der Waals surface area contributed by atoms with Gasteiger partial charge in [-0.25, -0.2) is 0 Å². The van der Waals surface area contributed by atoms with Crippen LogP contribution in [0.1, 0.15) is 45.6 Å². The highest BCUT2D eigenvalue weighted by Gasteiger charge is 2.30. The molecule has 1 aromatic rings. The number of hydrogen-bond donors (Lipinski definition) is 0. The van der Waals surface area contributed by atoms with E-state index in [0.29, 0.717) is 6.61 Å². The molecule has 0 saturated heterocycles. The van der Waals surface area contributed by atoms with Crippen molar-refractivity contribution in [2.45, 2.75) is 40.0 Å². The first-order valence-corrected chi connectivity index (χ1v) is 8.10. The number of esters is 1. The van der Waals surface area contributed by atoms with Crippen molar-refractivity contribution in [3.05, 3.63) is 47.0 Å². The minimum Gasteiger partial charge on any atom is -0.466 e. The van der Waals surface area contributed by atoms with E-state index in [1.165, 1.54) is 11.1 Å². The average molecular weight is 296 g/mol. The maximum Gasteiger partial charge on any atom is 0.313 e. The second-order valence-electron chi connectivity index (χ2n) is 5.63. The predicted octanol–water partition coefficient (Wildman–Crippen LogP) is 4.35. The van der Waals surface area contributed by atoms with Gasteiger partial charge >= 0.3 is 5.97 Å². The highest BCUT2D eigenvalue weighted by molar-refractivity contribution is 5.76. The molecule has 0 fully saturated rings. The summed E-state index contributed by atoms with van der Waals surface area (Å²) < 4.78 is 5.20. The predicted molar refractivity (Wildman–Crippen MR) is 89.2 cm³/mol. The number of hydrogen-bond acceptors (Lipinski definition) is 2. The van der Waals surface area contributed by atoms with Crippen LogP contribution in [0, 0.1) is 23.7 Å². The minimum absolute atomic E-state index is 0.0790. The van der Waals surface area contributed by atoms with Crippen LogP contribution >= 0.6 is 0 Å². The quantitative estimate of drug-likeness (QED) is 0.471. The molecule has 0 amide bonds. The number of allylic oxidation sites excluding steroid dienone is 1. The zero-order chi connectivity index (χ0) is 15.9. The smallest absolute Gasteiger partial charge is 0.313 e. The Labute approximate surface area is 133 Å². The highest BCUT2D eigenvalue weighted by Crippen LogP contribution is 2.36. The minimum atomic E-state index is -0.0829. The molecular weight excluding hydrogens is 272 g/mol. The molecule has 2 heteroatoms. The van der Waals surface area contributed by atoms with Crippen LogP contribution in [-0.2, 0) is 9.53 Å². The molecule has 22 heavy (non-hydrogen) atoms. The lowest BCUT2D eigenvalue weighted by Crippen LogP contribution is -2.25. The summed E-state index contributed by atoms with van der Waals surface area (Å²) in [5.41, 5.74) is 3.52. The zero-order valence-corrected chi connectivity index (χ0v) is 13.7. The Morgan fingerprint density at radius 2 is 1.95 bits per heavy atom. The fourth-order valence-corrected chi connectivity index (χ4v) is 3.14. The van der Waals surface area contributed by atoms with E-state index in [2.05, 4.69) is 25.7 Å². The molecule has 2 nitrogen and oxygen atoms in total. The van der Waals surface area contributed by atoms with Crippen molar-refractivity contribution in [1.29, 1.82) is 0 Å². The highest BCUT2D eigenvalue weighted by atomic mass is 16.5. The van der Waals surface area contributed by atoms with Gasteiger partial charge in [0.2, 0.25) is 0 Å². The molecule has 0 radical (unpaired) electrons. The fourth-order valence-electron chi connectivity index (χ4n) is 3.14. The fraction of sp³-hybridized carbons (Fsp3) is 0.450. The van der Waals surface area contributed by atoms with Crippen LogP contribution in [0.3, 0.4) is 0 Å². The largest absolute Gasteiger partial charge is 0.466 e. The van der Waals surface area contributed by atoms with Crippen molar-refractivity contribution in [1.82, 2.24) is 0 Å². The summed E-state index contributed by atoms with van der Waals surface area (Å²) >= 11 is 0. The van der Waals surface area contributed by atoms with Gasteiger partial charge in [0.25, 0.3) is 0 Å². The molecule has 0 aliphatic heterocycles. The Balaban J connectivity index is 2.21. The van der Waals surface area contributed by atoms with Crippen LogP contribution in [0.15, 0.2) is 41.5 Å². The van der Waals surface area contributed by atoms with Gasteiger partial charge in [-0.2, -0.15) is 0 Å². The molecule has 0 saturated carbocycles. The number of carbonyl (C=O) groups is 1. The molecule has 116 valence electrons. The first kappa shape index (κ1) is 16.4. The van der Waals surface area contributed by atoms with E-state index in [1.54, 1.807) is 0 Å². The van der Waals surface area contributed by atoms with Gasteiger partial charge in [-0.05, 0) is 45.2 Å². The monoisotopic (exact) mass is 296 g/mol. The van der Waals surface area contributed by atoms with Crippen molar-refractivity contribution in [2.24, 2.45) is 11.8 Å². The molecule has 0 heterocycles. The van der Waals surface area contributed by atoms with Crippen LogP contribution in [0.5, 0.6) is 0 Å². The molecule has 1 aliphatic carbocycles. The third kappa shape index (κ3) is 3.80. The summed E-state index contributed by atoms with van der Waals surface area (Å²) in [5, 5.41) is 0. The second-order valence-corrected chi connectivity index (χ2v) is 5.63. The van der Waals surface area contributed by atoms with E-state index in [1.807, 2.05) is 37.3 Å². The summed E-state index contributed by atoms with van der Waals surface area (Å²) in [6.45, 7) is 6.51. The standard InChI is InChI=1S/C20H24O2/c1-4-18-15(3)19(20(21)22-5-2)14-13-17(18)12-11-16-9-7-6-8-10-16/h6-10,17,19H,4-5,13-14H2,1-3H3. The maximum atomic E-state index is 12.1. The number of benzene rings is 1. The Bertz CT molecular complexity index is 602. The number of rotatable bonds is 3. The SMILES string of the molecule is CCOC(=O)C1CCC(C#Cc2ccccc2)C(CC)=C1C. The second kappa shape index (κ2) is 7.84. The lowest BCUT2D eigenvalue weighted by molar-refractivity contribution is -0.147. The van der Waals surface area contributed by atoms with Crippen molar-refractivity contribution in [3.8, 4) is 11.8 Å². The Morgan fingerprint density at radius 3 is 2.59 bits per heavy atom. The van der Waals surface area contributed by atoms with Gasteiger partial charge in [0.15, 0.2) is 0 Å². The molecule has 1 aliphatic rings. The van der Waals surface area contributed by atoms with E-state index < -0.39 is 0 Å². The number of ether oxygens (including phenoxy) is 1. The van der Waals surface area contributed by atoms with Crippen LogP contribution < -0.4 is 0 Å². The van der Waals surface area contributed by atoms with Crippen LogP contribution in [-0.4, -0.2) is 12.6 Å². The topological polar surface area (TPSA) is 26.3 Å². The van der Waals surface area contributed by atoms with Crippen molar-refractivity contribution in [2.75, 3.05) is 6.61 Å².